The van der Waals surface area contributed by atoms with Gasteiger partial charge in [-0.05, 0) is 51.4 Å². The van der Waals surface area contributed by atoms with E-state index in [1.54, 1.807) is 0 Å². The monoisotopic (exact) mass is 194 g/mol. The quantitative estimate of drug-likeness (QED) is 0.629. The summed E-state index contributed by atoms with van der Waals surface area (Å²) in [4.78, 5) is 0. The summed E-state index contributed by atoms with van der Waals surface area (Å²) in [7, 11) is 0. The van der Waals surface area contributed by atoms with Crippen molar-refractivity contribution in [1.82, 2.24) is 0 Å². The van der Waals surface area contributed by atoms with Crippen molar-refractivity contribution in [3.63, 3.8) is 0 Å². The van der Waals surface area contributed by atoms with Crippen molar-refractivity contribution in [1.29, 1.82) is 0 Å². The van der Waals surface area contributed by atoms with E-state index in [2.05, 4.69) is 12.2 Å². The Morgan fingerprint density at radius 2 is 1.00 bits per heavy atom. The van der Waals surface area contributed by atoms with E-state index in [0.29, 0.717) is 12.2 Å². The van der Waals surface area contributed by atoms with Gasteiger partial charge in [0.1, 0.15) is 12.2 Å². The van der Waals surface area contributed by atoms with Crippen LogP contribution in [-0.2, 0) is 9.47 Å². The molecular weight excluding hydrogens is 176 g/mol. The standard InChI is InChI=1S/C12H18O2/c1-2-6-11(5-1)13-9-10-14-12-7-3-4-8-12/h11-12H,1-8H2. The molecule has 0 heterocycles. The molecule has 0 aromatic carbocycles. The first-order valence-corrected chi connectivity index (χ1v) is 5.76. The summed E-state index contributed by atoms with van der Waals surface area (Å²) in [5.74, 6) is 0. The molecule has 0 amide bonds. The Balaban J connectivity index is 1.61. The van der Waals surface area contributed by atoms with Gasteiger partial charge in [0.15, 0.2) is 12.2 Å². The molecule has 2 aliphatic rings. The minimum absolute atomic E-state index is 0.370. The first-order valence-electron chi connectivity index (χ1n) is 5.76. The molecule has 2 heteroatoms. The summed E-state index contributed by atoms with van der Waals surface area (Å²) in [6.07, 6.45) is 15.9. The van der Waals surface area contributed by atoms with Crippen LogP contribution in [0.3, 0.4) is 0 Å². The zero-order chi connectivity index (χ0) is 9.64. The van der Waals surface area contributed by atoms with Gasteiger partial charge < -0.3 is 9.47 Å². The fourth-order valence-electron chi connectivity index (χ4n) is 2.23. The van der Waals surface area contributed by atoms with Crippen molar-refractivity contribution in [2.45, 2.75) is 63.6 Å². The van der Waals surface area contributed by atoms with Crippen LogP contribution in [0.5, 0.6) is 0 Å². The summed E-state index contributed by atoms with van der Waals surface area (Å²) in [5.41, 5.74) is 0. The van der Waals surface area contributed by atoms with Gasteiger partial charge in [0.25, 0.3) is 0 Å². The Hall–Kier alpha value is -0.840. The molecule has 78 valence electrons. The van der Waals surface area contributed by atoms with E-state index in [1.165, 1.54) is 25.7 Å². The molecular formula is C12H18O2. The Bertz CT molecular complexity index is 192. The number of hydrogen-bond acceptors (Lipinski definition) is 2. The van der Waals surface area contributed by atoms with E-state index in [1.807, 2.05) is 0 Å². The van der Waals surface area contributed by atoms with Crippen molar-refractivity contribution in [3.8, 4) is 12.2 Å². The van der Waals surface area contributed by atoms with Crippen molar-refractivity contribution in [2.75, 3.05) is 0 Å². The van der Waals surface area contributed by atoms with Gasteiger partial charge >= 0.3 is 0 Å². The molecule has 14 heavy (non-hydrogen) atoms. The predicted molar refractivity (Wildman–Crippen MR) is 54.5 cm³/mol. The van der Waals surface area contributed by atoms with Crippen LogP contribution in [0.25, 0.3) is 0 Å². The topological polar surface area (TPSA) is 18.5 Å². The highest BCUT2D eigenvalue weighted by Gasteiger charge is 2.16. The average Bonchev–Trinajstić information content (AvgIpc) is 2.86. The van der Waals surface area contributed by atoms with Gasteiger partial charge in [0, 0.05) is 0 Å². The molecule has 0 unspecified atom stereocenters. The first-order chi connectivity index (χ1) is 6.95. The second kappa shape index (κ2) is 5.14. The van der Waals surface area contributed by atoms with Gasteiger partial charge in [0.05, 0.1) is 0 Å². The van der Waals surface area contributed by atoms with E-state index in [4.69, 9.17) is 9.47 Å². The Labute approximate surface area is 86.0 Å². The molecule has 2 saturated carbocycles. The maximum Gasteiger partial charge on any atom is 0.155 e. The largest absolute Gasteiger partial charge is 0.441 e. The summed E-state index contributed by atoms with van der Waals surface area (Å²) in [5, 5.41) is 0. The van der Waals surface area contributed by atoms with E-state index in [0.717, 1.165) is 25.7 Å². The molecule has 2 fully saturated rings. The molecule has 0 aromatic heterocycles. The van der Waals surface area contributed by atoms with Crippen LogP contribution >= 0.6 is 0 Å². The lowest BCUT2D eigenvalue weighted by molar-refractivity contribution is 0.149. The van der Waals surface area contributed by atoms with Crippen LogP contribution in [0.4, 0.5) is 0 Å². The van der Waals surface area contributed by atoms with Crippen LogP contribution < -0.4 is 0 Å². The van der Waals surface area contributed by atoms with Gasteiger partial charge in [0.2, 0.25) is 0 Å². The van der Waals surface area contributed by atoms with Crippen LogP contribution in [0, 0.1) is 12.2 Å². The summed E-state index contributed by atoms with van der Waals surface area (Å²) in [6.45, 7) is 0. The maximum atomic E-state index is 5.38. The third-order valence-electron chi connectivity index (χ3n) is 3.10. The molecule has 2 rings (SSSR count). The van der Waals surface area contributed by atoms with E-state index in [9.17, 15) is 0 Å². The Morgan fingerprint density at radius 3 is 1.36 bits per heavy atom. The molecule has 2 aliphatic carbocycles. The molecule has 0 radical (unpaired) electrons. The minimum atomic E-state index is 0.370. The molecule has 0 saturated heterocycles. The third kappa shape index (κ3) is 2.83. The van der Waals surface area contributed by atoms with E-state index >= 15 is 0 Å². The van der Waals surface area contributed by atoms with Crippen molar-refractivity contribution >= 4 is 0 Å². The molecule has 0 N–H and O–H groups in total. The van der Waals surface area contributed by atoms with Gasteiger partial charge in [-0.25, -0.2) is 0 Å². The van der Waals surface area contributed by atoms with Crippen LogP contribution in [0.15, 0.2) is 0 Å². The molecule has 0 atom stereocenters. The number of rotatable bonds is 2. The van der Waals surface area contributed by atoms with E-state index in [-0.39, 0.29) is 0 Å². The molecule has 2 nitrogen and oxygen atoms in total. The van der Waals surface area contributed by atoms with Crippen LogP contribution in [0.1, 0.15) is 51.4 Å². The average molecular weight is 194 g/mol. The van der Waals surface area contributed by atoms with Gasteiger partial charge in [-0.1, -0.05) is 0 Å². The third-order valence-corrected chi connectivity index (χ3v) is 3.10. The highest BCUT2D eigenvalue weighted by atomic mass is 16.5. The first kappa shape index (κ1) is 9.71. The second-order valence-corrected chi connectivity index (χ2v) is 4.25. The lowest BCUT2D eigenvalue weighted by atomic mass is 10.3. The normalized spacial score (nSPS) is 23.1. The SMILES string of the molecule is C(#COC1CCCC1)OC1CCCC1. The summed E-state index contributed by atoms with van der Waals surface area (Å²) >= 11 is 0. The fourth-order valence-corrected chi connectivity index (χ4v) is 2.23. The summed E-state index contributed by atoms with van der Waals surface area (Å²) < 4.78 is 10.8. The Kier molecular flexibility index (Phi) is 3.57. The number of ether oxygens (including phenoxy) is 2. The fraction of sp³-hybridized carbons (Fsp3) is 0.833. The van der Waals surface area contributed by atoms with Crippen molar-refractivity contribution in [2.24, 2.45) is 0 Å². The number of hydrogen-bond donors (Lipinski definition) is 0. The van der Waals surface area contributed by atoms with Crippen molar-refractivity contribution in [3.05, 3.63) is 0 Å². The van der Waals surface area contributed by atoms with Crippen LogP contribution in [-0.4, -0.2) is 12.2 Å². The van der Waals surface area contributed by atoms with Gasteiger partial charge in [-0.3, -0.25) is 0 Å². The highest BCUT2D eigenvalue weighted by molar-refractivity contribution is 4.86. The predicted octanol–water partition coefficient (Wildman–Crippen LogP) is 2.82. The zero-order valence-corrected chi connectivity index (χ0v) is 8.63. The minimum Gasteiger partial charge on any atom is -0.441 e. The maximum absolute atomic E-state index is 5.38. The lowest BCUT2D eigenvalue weighted by Crippen LogP contribution is -2.04. The molecule has 0 bridgehead atoms. The zero-order valence-electron chi connectivity index (χ0n) is 8.63. The smallest absolute Gasteiger partial charge is 0.155 e. The van der Waals surface area contributed by atoms with Gasteiger partial charge in [-0.15, -0.1) is 0 Å². The lowest BCUT2D eigenvalue weighted by Gasteiger charge is -2.06. The van der Waals surface area contributed by atoms with Crippen molar-refractivity contribution < 1.29 is 9.47 Å². The molecule has 0 aromatic rings. The van der Waals surface area contributed by atoms with E-state index < -0.39 is 0 Å². The molecule has 0 spiro atoms. The summed E-state index contributed by atoms with van der Waals surface area (Å²) in [6, 6.07) is 0. The second-order valence-electron chi connectivity index (χ2n) is 4.25. The van der Waals surface area contributed by atoms with Crippen LogP contribution in [0.2, 0.25) is 0 Å². The van der Waals surface area contributed by atoms with Gasteiger partial charge in [-0.2, -0.15) is 0 Å². The Morgan fingerprint density at radius 1 is 0.643 bits per heavy atom. The molecule has 0 aliphatic heterocycles. The highest BCUT2D eigenvalue weighted by Crippen LogP contribution is 2.21.